The Morgan fingerprint density at radius 3 is 2.61 bits per heavy atom. The second-order valence-electron chi connectivity index (χ2n) is 5.56. The first-order valence-electron chi connectivity index (χ1n) is 8.34. The second kappa shape index (κ2) is 9.04. The number of nitrogens with one attached hydrogen (secondary N) is 1. The zero-order chi connectivity index (χ0) is 19.8. The van der Waals surface area contributed by atoms with Crippen LogP contribution in [0.2, 0.25) is 0 Å². The number of benzene rings is 2. The van der Waals surface area contributed by atoms with Gasteiger partial charge in [-0.15, -0.1) is 0 Å². The van der Waals surface area contributed by atoms with Crippen LogP contribution in [-0.4, -0.2) is 29.1 Å². The average Bonchev–Trinajstić information content (AvgIpc) is 2.74. The van der Waals surface area contributed by atoms with Crippen molar-refractivity contribution in [3.05, 3.63) is 94.3 Å². The van der Waals surface area contributed by atoms with Gasteiger partial charge in [-0.3, -0.25) is 20.5 Å². The summed E-state index contributed by atoms with van der Waals surface area (Å²) in [7, 11) is 1.49. The lowest BCUT2D eigenvalue weighted by atomic mass is 10.2. The number of aliphatic imine (C=N–C) groups is 1. The molecule has 0 spiro atoms. The highest BCUT2D eigenvalue weighted by Gasteiger charge is 2.10. The van der Waals surface area contributed by atoms with Crippen LogP contribution in [0.15, 0.2) is 83.0 Å². The van der Waals surface area contributed by atoms with Crippen LogP contribution in [0, 0.1) is 10.1 Å². The molecule has 1 aromatic heterocycles. The number of methoxy groups -OCH3 is 1. The third-order valence-electron chi connectivity index (χ3n) is 3.70. The van der Waals surface area contributed by atoms with Gasteiger partial charge in [0.05, 0.1) is 23.9 Å². The van der Waals surface area contributed by atoms with Crippen molar-refractivity contribution < 1.29 is 9.66 Å². The summed E-state index contributed by atoms with van der Waals surface area (Å²) in [5.74, 6) is 0.906. The van der Waals surface area contributed by atoms with E-state index in [1.54, 1.807) is 18.3 Å². The molecule has 0 fully saturated rings. The fourth-order valence-corrected chi connectivity index (χ4v) is 2.37. The Hall–Kier alpha value is -4.07. The number of hydrazone groups is 1. The van der Waals surface area contributed by atoms with Crippen LogP contribution in [0.1, 0.15) is 11.3 Å². The number of ether oxygens (including phenoxy) is 1. The number of nitro benzene ring substituents is 1. The first kappa shape index (κ1) is 18.7. The molecule has 0 atom stereocenters. The van der Waals surface area contributed by atoms with E-state index in [1.807, 2.05) is 36.4 Å². The highest BCUT2D eigenvalue weighted by Crippen LogP contribution is 2.22. The number of pyridine rings is 1. The second-order valence-corrected chi connectivity index (χ2v) is 5.56. The molecule has 8 nitrogen and oxygen atoms in total. The zero-order valence-electron chi connectivity index (χ0n) is 15.0. The molecule has 1 heterocycles. The maximum absolute atomic E-state index is 11.0. The van der Waals surface area contributed by atoms with E-state index in [0.29, 0.717) is 22.8 Å². The van der Waals surface area contributed by atoms with Gasteiger partial charge in [0, 0.05) is 23.9 Å². The van der Waals surface area contributed by atoms with Gasteiger partial charge in [-0.2, -0.15) is 5.10 Å². The van der Waals surface area contributed by atoms with Gasteiger partial charge in [0.1, 0.15) is 11.4 Å². The number of aromatic nitrogens is 1. The van der Waals surface area contributed by atoms with Crippen molar-refractivity contribution in [3.63, 3.8) is 0 Å². The molecular formula is C20H17N5O3. The van der Waals surface area contributed by atoms with Crippen LogP contribution in [0.3, 0.4) is 0 Å². The van der Waals surface area contributed by atoms with Gasteiger partial charge in [0.2, 0.25) is 0 Å². The summed E-state index contributed by atoms with van der Waals surface area (Å²) in [4.78, 5) is 19.4. The quantitative estimate of drug-likeness (QED) is 0.306. The van der Waals surface area contributed by atoms with Crippen molar-refractivity contribution in [1.82, 2.24) is 10.4 Å². The van der Waals surface area contributed by atoms with E-state index in [0.717, 1.165) is 5.69 Å². The minimum atomic E-state index is -0.472. The van der Waals surface area contributed by atoms with E-state index in [-0.39, 0.29) is 5.69 Å². The van der Waals surface area contributed by atoms with Gasteiger partial charge in [-0.1, -0.05) is 24.3 Å². The Labute approximate surface area is 161 Å². The number of nitro groups is 1. The largest absolute Gasteiger partial charge is 0.496 e. The predicted molar refractivity (Wildman–Crippen MR) is 107 cm³/mol. The van der Waals surface area contributed by atoms with Gasteiger partial charge in [-0.05, 0) is 30.3 Å². The maximum atomic E-state index is 11.0. The zero-order valence-corrected chi connectivity index (χ0v) is 15.0. The molecule has 0 amide bonds. The monoisotopic (exact) mass is 375 g/mol. The third-order valence-corrected chi connectivity index (χ3v) is 3.70. The van der Waals surface area contributed by atoms with Crippen molar-refractivity contribution in [2.24, 2.45) is 10.1 Å². The summed E-state index contributed by atoms with van der Waals surface area (Å²) in [5, 5.41) is 15.2. The summed E-state index contributed by atoms with van der Waals surface area (Å²) in [6, 6.07) is 19.1. The highest BCUT2D eigenvalue weighted by molar-refractivity contribution is 5.99. The summed E-state index contributed by atoms with van der Waals surface area (Å²) >= 11 is 0. The summed E-state index contributed by atoms with van der Waals surface area (Å²) in [6.07, 6.45) is 3.10. The highest BCUT2D eigenvalue weighted by atomic mass is 16.6. The normalized spacial score (nSPS) is 11.4. The van der Waals surface area contributed by atoms with Crippen molar-refractivity contribution in [2.75, 3.05) is 7.11 Å². The van der Waals surface area contributed by atoms with Crippen LogP contribution < -0.4 is 10.2 Å². The number of hydrogen-bond acceptors (Lipinski definition) is 6. The molecule has 3 aromatic rings. The average molecular weight is 375 g/mol. The minimum absolute atomic E-state index is 0.0508. The van der Waals surface area contributed by atoms with E-state index < -0.39 is 4.92 Å². The maximum Gasteiger partial charge on any atom is 0.270 e. The first-order chi connectivity index (χ1) is 13.7. The Bertz CT molecular complexity index is 1000. The molecule has 140 valence electrons. The van der Waals surface area contributed by atoms with Gasteiger partial charge >= 0.3 is 0 Å². The molecule has 1 N–H and O–H groups in total. The lowest BCUT2D eigenvalue weighted by molar-refractivity contribution is -0.384. The molecule has 8 heteroatoms. The number of amidine groups is 1. The third kappa shape index (κ3) is 4.76. The van der Waals surface area contributed by atoms with Gasteiger partial charge in [-0.25, -0.2) is 4.99 Å². The SMILES string of the molecule is COc1ccc([N+](=O)[O-])cc1/C=N\NC(=Nc1ccccc1)c1ccccn1. The van der Waals surface area contributed by atoms with Gasteiger partial charge < -0.3 is 4.74 Å². The number of hydrogen-bond donors (Lipinski definition) is 1. The van der Waals surface area contributed by atoms with Crippen LogP contribution in [0.4, 0.5) is 11.4 Å². The molecular weight excluding hydrogens is 358 g/mol. The van der Waals surface area contributed by atoms with Gasteiger partial charge in [0.25, 0.3) is 5.69 Å². The lowest BCUT2D eigenvalue weighted by Gasteiger charge is -2.06. The molecule has 0 saturated heterocycles. The van der Waals surface area contributed by atoms with Crippen molar-refractivity contribution in [1.29, 1.82) is 0 Å². The minimum Gasteiger partial charge on any atom is -0.496 e. The molecule has 0 radical (unpaired) electrons. The fourth-order valence-electron chi connectivity index (χ4n) is 2.37. The standard InChI is InChI=1S/C20H17N5O3/c1-28-19-11-10-17(25(26)27)13-15(19)14-22-24-20(18-9-5-6-12-21-18)23-16-7-3-2-4-8-16/h2-14H,1H3,(H,23,24)/b22-14-. The predicted octanol–water partition coefficient (Wildman–Crippen LogP) is 3.70. The van der Waals surface area contributed by atoms with E-state index >= 15 is 0 Å². The van der Waals surface area contributed by atoms with Crippen LogP contribution in [-0.2, 0) is 0 Å². The molecule has 0 bridgehead atoms. The van der Waals surface area contributed by atoms with Gasteiger partial charge in [0.15, 0.2) is 5.84 Å². The smallest absolute Gasteiger partial charge is 0.270 e. The molecule has 3 rings (SSSR count). The van der Waals surface area contributed by atoms with E-state index in [1.165, 1.54) is 31.5 Å². The summed E-state index contributed by atoms with van der Waals surface area (Å²) in [5.41, 5.74) is 4.62. The molecule has 2 aromatic carbocycles. The fraction of sp³-hybridized carbons (Fsp3) is 0.0500. The number of rotatable bonds is 6. The van der Waals surface area contributed by atoms with E-state index in [9.17, 15) is 10.1 Å². The van der Waals surface area contributed by atoms with Crippen molar-refractivity contribution >= 4 is 23.4 Å². The Kier molecular flexibility index (Phi) is 6.04. The first-order valence-corrected chi connectivity index (χ1v) is 8.34. The van der Waals surface area contributed by atoms with E-state index in [2.05, 4.69) is 20.5 Å². The summed E-state index contributed by atoms with van der Waals surface area (Å²) < 4.78 is 5.23. The van der Waals surface area contributed by atoms with E-state index in [4.69, 9.17) is 4.74 Å². The van der Waals surface area contributed by atoms with Crippen LogP contribution in [0.25, 0.3) is 0 Å². The topological polar surface area (TPSA) is 102 Å². The van der Waals surface area contributed by atoms with Crippen LogP contribution >= 0.6 is 0 Å². The summed E-state index contributed by atoms with van der Waals surface area (Å²) in [6.45, 7) is 0. The molecule has 0 aliphatic rings. The van der Waals surface area contributed by atoms with Crippen molar-refractivity contribution in [2.45, 2.75) is 0 Å². The number of non-ortho nitro benzene ring substituents is 1. The number of para-hydroxylation sites is 1. The van der Waals surface area contributed by atoms with Crippen LogP contribution in [0.5, 0.6) is 5.75 Å². The van der Waals surface area contributed by atoms with Crippen molar-refractivity contribution in [3.8, 4) is 5.75 Å². The molecule has 28 heavy (non-hydrogen) atoms. The molecule has 0 saturated carbocycles. The number of nitrogens with zero attached hydrogens (tertiary/aromatic N) is 4. The molecule has 0 aliphatic heterocycles. The Morgan fingerprint density at radius 2 is 1.93 bits per heavy atom. The molecule has 0 unspecified atom stereocenters. The lowest BCUT2D eigenvalue weighted by Crippen LogP contribution is -2.20. The Morgan fingerprint density at radius 1 is 1.14 bits per heavy atom. The molecule has 0 aliphatic carbocycles. The Balaban J connectivity index is 1.89.